The molecule has 21 heavy (non-hydrogen) atoms. The molecule has 0 saturated carbocycles. The van der Waals surface area contributed by atoms with Gasteiger partial charge in [-0.1, -0.05) is 12.1 Å². The average Bonchev–Trinajstić information content (AvgIpc) is 2.40. The van der Waals surface area contributed by atoms with E-state index in [-0.39, 0.29) is 12.5 Å². The van der Waals surface area contributed by atoms with Gasteiger partial charge in [-0.3, -0.25) is 4.79 Å². The lowest BCUT2D eigenvalue weighted by atomic mass is 10.1. The molecule has 0 heterocycles. The van der Waals surface area contributed by atoms with Crippen LogP contribution in [0.1, 0.15) is 18.1 Å². The predicted molar refractivity (Wildman–Crippen MR) is 79.2 cm³/mol. The van der Waals surface area contributed by atoms with Crippen LogP contribution in [0, 0.1) is 18.6 Å². The predicted octanol–water partition coefficient (Wildman–Crippen LogP) is 3.84. The topological polar surface area (TPSA) is 41.1 Å². The van der Waals surface area contributed by atoms with Crippen LogP contribution in [0.15, 0.2) is 36.4 Å². The third-order valence-corrected chi connectivity index (χ3v) is 3.04. The quantitative estimate of drug-likeness (QED) is 0.898. The molecule has 2 N–H and O–H groups in total. The van der Waals surface area contributed by atoms with E-state index in [0.29, 0.717) is 11.3 Å². The number of benzene rings is 2. The summed E-state index contributed by atoms with van der Waals surface area (Å²) in [5.41, 5.74) is 2.78. The molecular formula is C16H16F2N2O. The normalized spacial score (nSPS) is 10.3. The summed E-state index contributed by atoms with van der Waals surface area (Å²) in [4.78, 5) is 11.0. The second-order valence-corrected chi connectivity index (χ2v) is 4.80. The van der Waals surface area contributed by atoms with Crippen molar-refractivity contribution in [2.75, 3.05) is 10.6 Å². The minimum Gasteiger partial charge on any atom is -0.381 e. The Balaban J connectivity index is 2.13. The monoisotopic (exact) mass is 290 g/mol. The van der Waals surface area contributed by atoms with E-state index < -0.39 is 11.6 Å². The zero-order valence-electron chi connectivity index (χ0n) is 11.8. The van der Waals surface area contributed by atoms with Gasteiger partial charge in [-0.15, -0.1) is 0 Å². The summed E-state index contributed by atoms with van der Waals surface area (Å²) < 4.78 is 26.4. The summed E-state index contributed by atoms with van der Waals surface area (Å²) in [6.07, 6.45) is 0. The molecule has 0 spiro atoms. The van der Waals surface area contributed by atoms with Crippen LogP contribution in [0.4, 0.5) is 20.2 Å². The first-order chi connectivity index (χ1) is 9.95. The smallest absolute Gasteiger partial charge is 0.221 e. The SMILES string of the molecule is CC(=O)Nc1ccc(C)c(NCc2ccc(F)cc2F)c1. The highest BCUT2D eigenvalue weighted by atomic mass is 19.1. The standard InChI is InChI=1S/C16H16F2N2O/c1-10-3-6-14(20-11(2)21)8-16(10)19-9-12-4-5-13(17)7-15(12)18/h3-8,19H,9H2,1-2H3,(H,20,21). The molecule has 2 rings (SSSR count). The Hall–Kier alpha value is -2.43. The van der Waals surface area contributed by atoms with Crippen molar-refractivity contribution < 1.29 is 13.6 Å². The van der Waals surface area contributed by atoms with Crippen LogP contribution in [0.3, 0.4) is 0 Å². The number of rotatable bonds is 4. The van der Waals surface area contributed by atoms with E-state index in [9.17, 15) is 13.6 Å². The lowest BCUT2D eigenvalue weighted by Crippen LogP contribution is -2.07. The number of carbonyl (C=O) groups excluding carboxylic acids is 1. The van der Waals surface area contributed by atoms with Gasteiger partial charge in [0, 0.05) is 36.5 Å². The van der Waals surface area contributed by atoms with E-state index in [2.05, 4.69) is 10.6 Å². The van der Waals surface area contributed by atoms with Crippen LogP contribution in [0.25, 0.3) is 0 Å². The van der Waals surface area contributed by atoms with Gasteiger partial charge < -0.3 is 10.6 Å². The van der Waals surface area contributed by atoms with Gasteiger partial charge >= 0.3 is 0 Å². The maximum atomic E-state index is 13.6. The van der Waals surface area contributed by atoms with E-state index in [1.54, 1.807) is 12.1 Å². The van der Waals surface area contributed by atoms with Gasteiger partial charge in [-0.25, -0.2) is 8.78 Å². The molecule has 0 bridgehead atoms. The van der Waals surface area contributed by atoms with Gasteiger partial charge in [0.15, 0.2) is 0 Å². The van der Waals surface area contributed by atoms with Crippen LogP contribution < -0.4 is 10.6 Å². The number of halogens is 2. The van der Waals surface area contributed by atoms with Crippen molar-refractivity contribution in [2.45, 2.75) is 20.4 Å². The fourth-order valence-electron chi connectivity index (χ4n) is 1.95. The number of hydrogen-bond acceptors (Lipinski definition) is 2. The first kappa shape index (κ1) is 15.0. The van der Waals surface area contributed by atoms with E-state index in [1.165, 1.54) is 19.1 Å². The van der Waals surface area contributed by atoms with Gasteiger partial charge in [0.25, 0.3) is 0 Å². The second kappa shape index (κ2) is 6.35. The summed E-state index contributed by atoms with van der Waals surface area (Å²) >= 11 is 0. The highest BCUT2D eigenvalue weighted by Gasteiger charge is 2.06. The fourth-order valence-corrected chi connectivity index (χ4v) is 1.95. The Labute approximate surface area is 122 Å². The minimum atomic E-state index is -0.597. The summed E-state index contributed by atoms with van der Waals surface area (Å²) in [5.74, 6) is -1.34. The second-order valence-electron chi connectivity index (χ2n) is 4.80. The molecule has 0 aliphatic carbocycles. The Bertz CT molecular complexity index is 671. The van der Waals surface area contributed by atoms with Crippen molar-refractivity contribution in [2.24, 2.45) is 0 Å². The molecule has 0 atom stereocenters. The number of nitrogens with one attached hydrogen (secondary N) is 2. The molecule has 2 aromatic rings. The highest BCUT2D eigenvalue weighted by Crippen LogP contribution is 2.21. The Morgan fingerprint density at radius 3 is 2.57 bits per heavy atom. The van der Waals surface area contributed by atoms with Gasteiger partial charge in [0.1, 0.15) is 11.6 Å². The molecule has 0 aliphatic heterocycles. The van der Waals surface area contributed by atoms with Crippen LogP contribution in [0.2, 0.25) is 0 Å². The van der Waals surface area contributed by atoms with Crippen molar-refractivity contribution in [1.82, 2.24) is 0 Å². The van der Waals surface area contributed by atoms with Crippen molar-refractivity contribution in [1.29, 1.82) is 0 Å². The van der Waals surface area contributed by atoms with E-state index in [0.717, 1.165) is 17.3 Å². The number of aryl methyl sites for hydroxylation is 1. The molecule has 0 aromatic heterocycles. The number of carbonyl (C=O) groups is 1. The average molecular weight is 290 g/mol. The fraction of sp³-hybridized carbons (Fsp3) is 0.188. The lowest BCUT2D eigenvalue weighted by Gasteiger charge is -2.12. The summed E-state index contributed by atoms with van der Waals surface area (Å²) in [7, 11) is 0. The number of hydrogen-bond donors (Lipinski definition) is 2. The van der Waals surface area contributed by atoms with Crippen LogP contribution >= 0.6 is 0 Å². The highest BCUT2D eigenvalue weighted by molar-refractivity contribution is 5.89. The minimum absolute atomic E-state index is 0.158. The van der Waals surface area contributed by atoms with Crippen molar-refractivity contribution in [3.05, 3.63) is 59.2 Å². The van der Waals surface area contributed by atoms with Crippen molar-refractivity contribution in [3.8, 4) is 0 Å². The first-order valence-electron chi connectivity index (χ1n) is 6.52. The van der Waals surface area contributed by atoms with Crippen LogP contribution in [0.5, 0.6) is 0 Å². The lowest BCUT2D eigenvalue weighted by molar-refractivity contribution is -0.114. The zero-order chi connectivity index (χ0) is 15.4. The number of amides is 1. The molecule has 0 radical (unpaired) electrons. The molecule has 1 amide bonds. The maximum absolute atomic E-state index is 13.6. The largest absolute Gasteiger partial charge is 0.381 e. The third kappa shape index (κ3) is 4.02. The Morgan fingerprint density at radius 2 is 1.90 bits per heavy atom. The van der Waals surface area contributed by atoms with Crippen LogP contribution in [-0.2, 0) is 11.3 Å². The van der Waals surface area contributed by atoms with Gasteiger partial charge in [0.05, 0.1) is 0 Å². The maximum Gasteiger partial charge on any atom is 0.221 e. The van der Waals surface area contributed by atoms with Gasteiger partial charge in [0.2, 0.25) is 5.91 Å². The molecule has 5 heteroatoms. The van der Waals surface area contributed by atoms with Crippen molar-refractivity contribution >= 4 is 17.3 Å². The third-order valence-electron chi connectivity index (χ3n) is 3.04. The molecule has 0 unspecified atom stereocenters. The molecular weight excluding hydrogens is 274 g/mol. The van der Waals surface area contributed by atoms with Crippen molar-refractivity contribution in [3.63, 3.8) is 0 Å². The van der Waals surface area contributed by atoms with E-state index >= 15 is 0 Å². The van der Waals surface area contributed by atoms with Gasteiger partial charge in [-0.05, 0) is 30.7 Å². The Morgan fingerprint density at radius 1 is 1.14 bits per heavy atom. The zero-order valence-corrected chi connectivity index (χ0v) is 11.8. The summed E-state index contributed by atoms with van der Waals surface area (Å²) in [6.45, 7) is 3.57. The molecule has 110 valence electrons. The summed E-state index contributed by atoms with van der Waals surface area (Å²) in [5, 5.41) is 5.78. The molecule has 3 nitrogen and oxygen atoms in total. The number of anilines is 2. The Kier molecular flexibility index (Phi) is 4.52. The van der Waals surface area contributed by atoms with Gasteiger partial charge in [-0.2, -0.15) is 0 Å². The molecule has 0 fully saturated rings. The molecule has 2 aromatic carbocycles. The van der Waals surface area contributed by atoms with Crippen LogP contribution in [-0.4, -0.2) is 5.91 Å². The molecule has 0 saturated heterocycles. The molecule has 0 aliphatic rings. The van der Waals surface area contributed by atoms with E-state index in [4.69, 9.17) is 0 Å². The van der Waals surface area contributed by atoms with E-state index in [1.807, 2.05) is 13.0 Å². The first-order valence-corrected chi connectivity index (χ1v) is 6.52. The summed E-state index contributed by atoms with van der Waals surface area (Å²) in [6, 6.07) is 8.91.